The van der Waals surface area contributed by atoms with Crippen LogP contribution in [0.1, 0.15) is 31.7 Å². The molecule has 6 heteroatoms. The lowest BCUT2D eigenvalue weighted by Gasteiger charge is -2.20. The summed E-state index contributed by atoms with van der Waals surface area (Å²) in [6.45, 7) is 5.83. The third-order valence-corrected chi connectivity index (χ3v) is 3.64. The fraction of sp³-hybridized carbons (Fsp3) is 0.545. The first-order valence-corrected chi connectivity index (χ1v) is 6.91. The van der Waals surface area contributed by atoms with E-state index in [1.165, 1.54) is 0 Å². The lowest BCUT2D eigenvalue weighted by Crippen LogP contribution is -2.36. The first-order chi connectivity index (χ1) is 7.78. The number of carbonyl (C=O) groups excluding carboxylic acids is 1. The Balaban J connectivity index is 2.38. The highest BCUT2D eigenvalue weighted by Crippen LogP contribution is 2.23. The van der Waals surface area contributed by atoms with Gasteiger partial charge in [-0.3, -0.25) is 0 Å². The topological polar surface area (TPSA) is 64.3 Å². The molecule has 1 atom stereocenters. The Bertz CT molecular complexity index is 387. The summed E-state index contributed by atoms with van der Waals surface area (Å²) < 4.78 is 6.12. The molecule has 96 valence electrons. The summed E-state index contributed by atoms with van der Waals surface area (Å²) in [4.78, 5) is 12.4. The molecule has 0 radical (unpaired) electrons. The number of carbonyl (C=O) groups is 1. The van der Waals surface area contributed by atoms with E-state index in [0.717, 1.165) is 9.35 Å². The third-order valence-electron chi connectivity index (χ3n) is 1.82. The van der Waals surface area contributed by atoms with E-state index in [9.17, 15) is 4.79 Å². The van der Waals surface area contributed by atoms with Crippen LogP contribution in [0, 0.1) is 0 Å². The number of alkyl carbamates (subject to hydrolysis) is 1. The van der Waals surface area contributed by atoms with Crippen molar-refractivity contribution in [2.24, 2.45) is 5.73 Å². The molecule has 1 unspecified atom stereocenters. The molecule has 1 aromatic rings. The zero-order chi connectivity index (χ0) is 13.1. The number of nitrogens with one attached hydrogen (secondary N) is 1. The summed E-state index contributed by atoms with van der Waals surface area (Å²) >= 11 is 4.92. The van der Waals surface area contributed by atoms with Gasteiger partial charge in [-0.25, -0.2) is 4.79 Å². The van der Waals surface area contributed by atoms with E-state index in [1.54, 1.807) is 11.3 Å². The second kappa shape index (κ2) is 5.84. The van der Waals surface area contributed by atoms with Gasteiger partial charge in [-0.1, -0.05) is 0 Å². The molecule has 0 spiro atoms. The SMILES string of the molecule is CC(C)(C)OC(=O)NCC(N)c1cc(Br)cs1. The summed E-state index contributed by atoms with van der Waals surface area (Å²) in [6, 6.07) is 1.74. The first-order valence-electron chi connectivity index (χ1n) is 5.24. The van der Waals surface area contributed by atoms with E-state index in [1.807, 2.05) is 32.2 Å². The number of halogens is 1. The normalized spacial score (nSPS) is 13.2. The number of hydrogen-bond acceptors (Lipinski definition) is 4. The van der Waals surface area contributed by atoms with Crippen LogP contribution in [0.4, 0.5) is 4.79 Å². The van der Waals surface area contributed by atoms with E-state index in [2.05, 4.69) is 21.2 Å². The molecular weight excluding hydrogens is 304 g/mol. The Kier molecular flexibility index (Phi) is 4.97. The van der Waals surface area contributed by atoms with Crippen LogP contribution in [0.25, 0.3) is 0 Å². The fourth-order valence-corrected chi connectivity index (χ4v) is 2.58. The van der Waals surface area contributed by atoms with Crippen LogP contribution in [0.2, 0.25) is 0 Å². The standard InChI is InChI=1S/C11H17BrN2O2S/c1-11(2,3)16-10(15)14-5-8(13)9-4-7(12)6-17-9/h4,6,8H,5,13H2,1-3H3,(H,14,15). The van der Waals surface area contributed by atoms with Crippen molar-refractivity contribution >= 4 is 33.4 Å². The van der Waals surface area contributed by atoms with Crippen molar-refractivity contribution in [2.45, 2.75) is 32.4 Å². The van der Waals surface area contributed by atoms with Crippen LogP contribution < -0.4 is 11.1 Å². The third kappa shape index (κ3) is 5.52. The summed E-state index contributed by atoms with van der Waals surface area (Å²) in [5, 5.41) is 4.61. The van der Waals surface area contributed by atoms with Crippen molar-refractivity contribution in [3.8, 4) is 0 Å². The quantitative estimate of drug-likeness (QED) is 0.899. The molecule has 0 aliphatic rings. The molecule has 0 saturated carbocycles. The fourth-order valence-electron chi connectivity index (χ4n) is 1.13. The monoisotopic (exact) mass is 320 g/mol. The summed E-state index contributed by atoms with van der Waals surface area (Å²) in [5.41, 5.74) is 5.45. The minimum Gasteiger partial charge on any atom is -0.444 e. The van der Waals surface area contributed by atoms with Gasteiger partial charge in [0, 0.05) is 21.3 Å². The zero-order valence-electron chi connectivity index (χ0n) is 10.1. The molecule has 0 aliphatic heterocycles. The second-order valence-electron chi connectivity index (χ2n) is 4.66. The van der Waals surface area contributed by atoms with Crippen molar-refractivity contribution in [1.82, 2.24) is 5.32 Å². The predicted octanol–water partition coefficient (Wildman–Crippen LogP) is 3.04. The van der Waals surface area contributed by atoms with Gasteiger partial charge in [0.05, 0.1) is 6.04 Å². The van der Waals surface area contributed by atoms with Crippen LogP contribution in [0.3, 0.4) is 0 Å². The van der Waals surface area contributed by atoms with E-state index < -0.39 is 11.7 Å². The summed E-state index contributed by atoms with van der Waals surface area (Å²) in [7, 11) is 0. The average molecular weight is 321 g/mol. The Hall–Kier alpha value is -0.590. The maximum atomic E-state index is 11.4. The molecule has 3 N–H and O–H groups in total. The minimum atomic E-state index is -0.486. The Morgan fingerprint density at radius 2 is 2.29 bits per heavy atom. The number of rotatable bonds is 3. The van der Waals surface area contributed by atoms with Crippen LogP contribution in [0.5, 0.6) is 0 Å². The van der Waals surface area contributed by atoms with Crippen LogP contribution >= 0.6 is 27.3 Å². The van der Waals surface area contributed by atoms with Crippen LogP contribution in [-0.4, -0.2) is 18.2 Å². The van der Waals surface area contributed by atoms with Gasteiger partial charge in [0.15, 0.2) is 0 Å². The number of hydrogen-bond donors (Lipinski definition) is 2. The summed E-state index contributed by atoms with van der Waals surface area (Å²) in [6.07, 6.45) is -0.441. The lowest BCUT2D eigenvalue weighted by atomic mass is 10.2. The number of amides is 1. The highest BCUT2D eigenvalue weighted by Gasteiger charge is 2.17. The molecule has 0 saturated heterocycles. The largest absolute Gasteiger partial charge is 0.444 e. The molecule has 1 heterocycles. The van der Waals surface area contributed by atoms with Gasteiger partial charge in [0.2, 0.25) is 0 Å². The molecule has 0 aliphatic carbocycles. The Morgan fingerprint density at radius 1 is 1.65 bits per heavy atom. The molecule has 4 nitrogen and oxygen atoms in total. The van der Waals surface area contributed by atoms with Crippen molar-refractivity contribution in [2.75, 3.05) is 6.54 Å². The van der Waals surface area contributed by atoms with E-state index >= 15 is 0 Å². The molecule has 1 amide bonds. The van der Waals surface area contributed by atoms with Crippen LogP contribution in [0.15, 0.2) is 15.9 Å². The van der Waals surface area contributed by atoms with Crippen molar-refractivity contribution < 1.29 is 9.53 Å². The highest BCUT2D eigenvalue weighted by molar-refractivity contribution is 9.10. The van der Waals surface area contributed by atoms with E-state index in [4.69, 9.17) is 10.5 Å². The minimum absolute atomic E-state index is 0.209. The van der Waals surface area contributed by atoms with Gasteiger partial charge in [-0.15, -0.1) is 11.3 Å². The molecular formula is C11H17BrN2O2S. The molecule has 0 fully saturated rings. The summed E-state index contributed by atoms with van der Waals surface area (Å²) in [5.74, 6) is 0. The number of thiophene rings is 1. The number of ether oxygens (including phenoxy) is 1. The molecule has 0 bridgehead atoms. The average Bonchev–Trinajstić information content (AvgIpc) is 2.58. The Morgan fingerprint density at radius 3 is 2.76 bits per heavy atom. The smallest absolute Gasteiger partial charge is 0.407 e. The maximum Gasteiger partial charge on any atom is 0.407 e. The van der Waals surface area contributed by atoms with Crippen molar-refractivity contribution in [3.05, 3.63) is 20.8 Å². The van der Waals surface area contributed by atoms with Crippen LogP contribution in [-0.2, 0) is 4.74 Å². The van der Waals surface area contributed by atoms with E-state index in [0.29, 0.717) is 6.54 Å². The van der Waals surface area contributed by atoms with Gasteiger partial charge < -0.3 is 15.8 Å². The molecule has 0 aromatic carbocycles. The van der Waals surface area contributed by atoms with Crippen molar-refractivity contribution in [3.63, 3.8) is 0 Å². The zero-order valence-corrected chi connectivity index (χ0v) is 12.5. The Labute approximate surface area is 114 Å². The second-order valence-corrected chi connectivity index (χ2v) is 6.52. The van der Waals surface area contributed by atoms with Gasteiger partial charge in [0.1, 0.15) is 5.60 Å². The van der Waals surface area contributed by atoms with Gasteiger partial charge in [0.25, 0.3) is 0 Å². The molecule has 1 rings (SSSR count). The highest BCUT2D eigenvalue weighted by atomic mass is 79.9. The number of nitrogens with two attached hydrogens (primary N) is 1. The molecule has 17 heavy (non-hydrogen) atoms. The van der Waals surface area contributed by atoms with E-state index in [-0.39, 0.29) is 6.04 Å². The lowest BCUT2D eigenvalue weighted by molar-refractivity contribution is 0.0524. The van der Waals surface area contributed by atoms with Crippen molar-refractivity contribution in [1.29, 1.82) is 0 Å². The van der Waals surface area contributed by atoms with Gasteiger partial charge >= 0.3 is 6.09 Å². The van der Waals surface area contributed by atoms with Gasteiger partial charge in [-0.2, -0.15) is 0 Å². The van der Waals surface area contributed by atoms with Gasteiger partial charge in [-0.05, 0) is 42.8 Å². The molecule has 1 aromatic heterocycles. The maximum absolute atomic E-state index is 11.4. The first kappa shape index (κ1) is 14.5. The predicted molar refractivity (Wildman–Crippen MR) is 73.2 cm³/mol.